The average molecular weight is 231 g/mol. The third kappa shape index (κ3) is 5.47. The zero-order valence-corrected chi connectivity index (χ0v) is 10.7. The number of carboxylic acids is 1. The highest BCUT2D eigenvalue weighted by molar-refractivity contribution is 5.70. The molecule has 0 saturated heterocycles. The molecule has 0 amide bonds. The maximum Gasteiger partial charge on any atom is 0.306 e. The quantitative estimate of drug-likeness (QED) is 0.619. The Bertz CT molecular complexity index is 216. The minimum atomic E-state index is -0.856. The minimum Gasteiger partial charge on any atom is -0.481 e. The topological polar surface area (TPSA) is 83.5 Å². The van der Waals surface area contributed by atoms with Gasteiger partial charge in [-0.1, -0.05) is 27.7 Å². The number of nitrogens with two attached hydrogens (primary N) is 1. The summed E-state index contributed by atoms with van der Waals surface area (Å²) in [5.41, 5.74) is 5.82. The predicted molar refractivity (Wildman–Crippen MR) is 64.0 cm³/mol. The van der Waals surface area contributed by atoms with E-state index in [1.165, 1.54) is 0 Å². The van der Waals surface area contributed by atoms with Crippen molar-refractivity contribution in [2.45, 2.75) is 52.7 Å². The number of hydrogen-bond acceptors (Lipinski definition) is 3. The Labute approximate surface area is 97.8 Å². The van der Waals surface area contributed by atoms with Crippen molar-refractivity contribution in [2.75, 3.05) is 0 Å². The first-order valence-electron chi connectivity index (χ1n) is 5.92. The molecule has 0 aromatic rings. The molecule has 0 saturated carbocycles. The summed E-state index contributed by atoms with van der Waals surface area (Å²) in [4.78, 5) is 11.0. The number of aliphatic hydroxyl groups excluding tert-OH is 1. The first-order valence-corrected chi connectivity index (χ1v) is 5.92. The zero-order valence-electron chi connectivity index (χ0n) is 10.7. The fourth-order valence-corrected chi connectivity index (χ4v) is 1.79. The molecule has 0 aliphatic heterocycles. The standard InChI is InChI=1S/C12H25NO3/c1-7(2)5-10(13)11(14)6-9(8(3)4)12(15)16/h7-11,14H,5-6,13H2,1-4H3,(H,15,16)/t9-,10-,11+/m0/s1. The molecule has 0 heterocycles. The van der Waals surface area contributed by atoms with Crippen LogP contribution in [0.1, 0.15) is 40.5 Å². The second-order valence-corrected chi connectivity index (χ2v) is 5.29. The molecule has 0 fully saturated rings. The second-order valence-electron chi connectivity index (χ2n) is 5.29. The van der Waals surface area contributed by atoms with E-state index in [-0.39, 0.29) is 18.4 Å². The third-order valence-electron chi connectivity index (χ3n) is 2.86. The van der Waals surface area contributed by atoms with Crippen molar-refractivity contribution < 1.29 is 15.0 Å². The Morgan fingerprint density at radius 2 is 1.69 bits per heavy atom. The van der Waals surface area contributed by atoms with Gasteiger partial charge < -0.3 is 15.9 Å². The smallest absolute Gasteiger partial charge is 0.306 e. The van der Waals surface area contributed by atoms with Gasteiger partial charge >= 0.3 is 5.97 Å². The minimum absolute atomic E-state index is 0.0124. The normalized spacial score (nSPS) is 17.5. The lowest BCUT2D eigenvalue weighted by Gasteiger charge is -2.25. The Kier molecular flexibility index (Phi) is 6.60. The zero-order chi connectivity index (χ0) is 12.9. The Morgan fingerprint density at radius 1 is 1.19 bits per heavy atom. The van der Waals surface area contributed by atoms with Gasteiger partial charge in [-0.3, -0.25) is 4.79 Å². The van der Waals surface area contributed by atoms with Crippen molar-refractivity contribution >= 4 is 5.97 Å². The molecule has 4 N–H and O–H groups in total. The van der Waals surface area contributed by atoms with Crippen LogP contribution >= 0.6 is 0 Å². The van der Waals surface area contributed by atoms with Gasteiger partial charge in [-0.15, -0.1) is 0 Å². The van der Waals surface area contributed by atoms with Crippen molar-refractivity contribution in [3.63, 3.8) is 0 Å². The van der Waals surface area contributed by atoms with Crippen LogP contribution in [0.4, 0.5) is 0 Å². The van der Waals surface area contributed by atoms with E-state index in [0.29, 0.717) is 12.3 Å². The molecule has 0 spiro atoms. The summed E-state index contributed by atoms with van der Waals surface area (Å²) < 4.78 is 0. The van der Waals surface area contributed by atoms with Crippen molar-refractivity contribution in [3.8, 4) is 0 Å². The first kappa shape index (κ1) is 15.4. The maximum atomic E-state index is 11.0. The summed E-state index contributed by atoms with van der Waals surface area (Å²) in [7, 11) is 0. The third-order valence-corrected chi connectivity index (χ3v) is 2.86. The van der Waals surface area contributed by atoms with Gasteiger partial charge in [0.25, 0.3) is 0 Å². The summed E-state index contributed by atoms with van der Waals surface area (Å²) in [6, 6.07) is -0.333. The lowest BCUT2D eigenvalue weighted by molar-refractivity contribution is -0.144. The van der Waals surface area contributed by atoms with Crippen molar-refractivity contribution in [2.24, 2.45) is 23.5 Å². The van der Waals surface area contributed by atoms with E-state index in [4.69, 9.17) is 10.8 Å². The Balaban J connectivity index is 4.28. The summed E-state index contributed by atoms with van der Waals surface area (Å²) in [6.07, 6.45) is 0.220. The molecular weight excluding hydrogens is 206 g/mol. The van der Waals surface area contributed by atoms with E-state index in [9.17, 15) is 9.90 Å². The number of carbonyl (C=O) groups is 1. The molecule has 4 nitrogen and oxygen atoms in total. The van der Waals surface area contributed by atoms with Crippen molar-refractivity contribution in [3.05, 3.63) is 0 Å². The molecule has 0 aliphatic rings. The van der Waals surface area contributed by atoms with Gasteiger partial charge in [0.15, 0.2) is 0 Å². The van der Waals surface area contributed by atoms with Crippen molar-refractivity contribution in [1.82, 2.24) is 0 Å². The number of aliphatic carboxylic acids is 1. The van der Waals surface area contributed by atoms with Gasteiger partial charge in [-0.2, -0.15) is 0 Å². The molecule has 0 radical (unpaired) electrons. The number of hydrogen-bond donors (Lipinski definition) is 3. The number of rotatable bonds is 7. The summed E-state index contributed by atoms with van der Waals surface area (Å²) >= 11 is 0. The molecular formula is C12H25NO3. The lowest BCUT2D eigenvalue weighted by Crippen LogP contribution is -2.39. The van der Waals surface area contributed by atoms with Gasteiger partial charge in [0.05, 0.1) is 12.0 Å². The van der Waals surface area contributed by atoms with Crippen LogP contribution in [-0.2, 0) is 4.79 Å². The predicted octanol–water partition coefficient (Wildman–Crippen LogP) is 1.47. The molecule has 3 atom stereocenters. The number of carboxylic acid groups (broad SMARTS) is 1. The van der Waals surface area contributed by atoms with E-state index >= 15 is 0 Å². The van der Waals surface area contributed by atoms with Crippen LogP contribution in [-0.4, -0.2) is 28.3 Å². The van der Waals surface area contributed by atoms with E-state index in [1.807, 2.05) is 27.7 Å². The van der Waals surface area contributed by atoms with Crippen molar-refractivity contribution in [1.29, 1.82) is 0 Å². The van der Waals surface area contributed by atoms with Gasteiger partial charge in [0, 0.05) is 6.04 Å². The van der Waals surface area contributed by atoms with Crippen LogP contribution in [0.5, 0.6) is 0 Å². The summed E-state index contributed by atoms with van der Waals surface area (Å²) in [5, 5.41) is 18.9. The molecule has 96 valence electrons. The average Bonchev–Trinajstić information content (AvgIpc) is 2.11. The maximum absolute atomic E-state index is 11.0. The van der Waals surface area contributed by atoms with E-state index in [2.05, 4.69) is 0 Å². The molecule has 16 heavy (non-hydrogen) atoms. The fraction of sp³-hybridized carbons (Fsp3) is 0.917. The molecule has 0 aromatic carbocycles. The SMILES string of the molecule is CC(C)C[C@H](N)[C@H](O)C[C@H](C(=O)O)C(C)C. The van der Waals surface area contributed by atoms with E-state index in [0.717, 1.165) is 0 Å². The van der Waals surface area contributed by atoms with E-state index in [1.54, 1.807) is 0 Å². The highest BCUT2D eigenvalue weighted by Gasteiger charge is 2.27. The Hall–Kier alpha value is -0.610. The molecule has 4 heteroatoms. The van der Waals surface area contributed by atoms with Crippen LogP contribution in [0.3, 0.4) is 0 Å². The van der Waals surface area contributed by atoms with Crippen LogP contribution in [0.15, 0.2) is 0 Å². The van der Waals surface area contributed by atoms with Gasteiger partial charge in [-0.25, -0.2) is 0 Å². The largest absolute Gasteiger partial charge is 0.481 e. The van der Waals surface area contributed by atoms with Gasteiger partial charge in [-0.05, 0) is 24.7 Å². The molecule has 0 aromatic heterocycles. The molecule has 0 bridgehead atoms. The first-order chi connectivity index (χ1) is 7.25. The lowest BCUT2D eigenvalue weighted by atomic mass is 9.86. The fourth-order valence-electron chi connectivity index (χ4n) is 1.79. The molecule has 0 rings (SSSR count). The summed E-state index contributed by atoms with van der Waals surface area (Å²) in [5.74, 6) is -0.954. The van der Waals surface area contributed by atoms with Crippen LogP contribution in [0.25, 0.3) is 0 Å². The Morgan fingerprint density at radius 3 is 2.00 bits per heavy atom. The number of aliphatic hydroxyl groups is 1. The second kappa shape index (κ2) is 6.86. The highest BCUT2D eigenvalue weighted by atomic mass is 16.4. The van der Waals surface area contributed by atoms with E-state index < -0.39 is 18.0 Å². The molecule has 0 unspecified atom stereocenters. The molecule has 0 aliphatic carbocycles. The monoisotopic (exact) mass is 231 g/mol. The van der Waals surface area contributed by atoms with Gasteiger partial charge in [0.1, 0.15) is 0 Å². The van der Waals surface area contributed by atoms with Crippen LogP contribution in [0, 0.1) is 17.8 Å². The highest BCUT2D eigenvalue weighted by Crippen LogP contribution is 2.20. The van der Waals surface area contributed by atoms with Gasteiger partial charge in [0.2, 0.25) is 0 Å². The van der Waals surface area contributed by atoms with Crippen LogP contribution < -0.4 is 5.73 Å². The summed E-state index contributed by atoms with van der Waals surface area (Å²) in [6.45, 7) is 7.76. The van der Waals surface area contributed by atoms with Crippen LogP contribution in [0.2, 0.25) is 0 Å².